The first-order valence-electron chi connectivity index (χ1n) is 7.41. The SMILES string of the molecule is N[C@@H]1CN(C(=O)CCc2cccc(Cl)c2)C[C@H]1C1CC1. The third kappa shape index (κ3) is 3.15. The van der Waals surface area contributed by atoms with E-state index < -0.39 is 0 Å². The molecule has 1 saturated heterocycles. The summed E-state index contributed by atoms with van der Waals surface area (Å²) in [5.41, 5.74) is 7.28. The lowest BCUT2D eigenvalue weighted by Gasteiger charge is -2.16. The molecule has 0 bridgehead atoms. The maximum Gasteiger partial charge on any atom is 0.222 e. The number of hydrogen-bond donors (Lipinski definition) is 1. The highest BCUT2D eigenvalue weighted by Crippen LogP contribution is 2.40. The summed E-state index contributed by atoms with van der Waals surface area (Å²) in [5, 5.41) is 0.729. The number of carbonyl (C=O) groups excluding carboxylic acids is 1. The van der Waals surface area contributed by atoms with Crippen molar-refractivity contribution in [3.63, 3.8) is 0 Å². The first-order valence-corrected chi connectivity index (χ1v) is 7.79. The number of carbonyl (C=O) groups is 1. The Balaban J connectivity index is 1.52. The standard InChI is InChI=1S/C16H21ClN2O/c17-13-3-1-2-11(8-13)4-7-16(20)19-9-14(12-5-6-12)15(18)10-19/h1-3,8,12,14-15H,4-7,9-10,18H2/t14-,15+/m0/s1. The van der Waals surface area contributed by atoms with Crippen LogP contribution in [-0.2, 0) is 11.2 Å². The molecule has 3 rings (SSSR count). The molecule has 1 aliphatic carbocycles. The highest BCUT2D eigenvalue weighted by Gasteiger charge is 2.41. The molecule has 0 aromatic heterocycles. The molecule has 1 aromatic rings. The van der Waals surface area contributed by atoms with E-state index in [1.807, 2.05) is 29.2 Å². The third-order valence-electron chi connectivity index (χ3n) is 4.51. The summed E-state index contributed by atoms with van der Waals surface area (Å²) in [6.07, 6.45) is 3.88. The number of nitrogens with two attached hydrogens (primary N) is 1. The number of halogens is 1. The number of amides is 1. The van der Waals surface area contributed by atoms with Crippen molar-refractivity contribution in [1.29, 1.82) is 0 Å². The molecular formula is C16H21ClN2O. The van der Waals surface area contributed by atoms with Crippen LogP contribution in [0.15, 0.2) is 24.3 Å². The van der Waals surface area contributed by atoms with Gasteiger partial charge in [0.2, 0.25) is 5.91 Å². The Kier molecular flexibility index (Phi) is 3.99. The van der Waals surface area contributed by atoms with Crippen molar-refractivity contribution < 1.29 is 4.79 Å². The lowest BCUT2D eigenvalue weighted by Crippen LogP contribution is -2.32. The van der Waals surface area contributed by atoms with Crippen LogP contribution in [0.2, 0.25) is 5.02 Å². The molecule has 20 heavy (non-hydrogen) atoms. The van der Waals surface area contributed by atoms with E-state index >= 15 is 0 Å². The fraction of sp³-hybridized carbons (Fsp3) is 0.562. The van der Waals surface area contributed by atoms with Crippen molar-refractivity contribution in [3.8, 4) is 0 Å². The van der Waals surface area contributed by atoms with E-state index in [1.165, 1.54) is 12.8 Å². The molecular weight excluding hydrogens is 272 g/mol. The molecule has 108 valence electrons. The number of likely N-dealkylation sites (tertiary alicyclic amines) is 1. The van der Waals surface area contributed by atoms with Gasteiger partial charge in [-0.2, -0.15) is 0 Å². The first kappa shape index (κ1) is 13.9. The van der Waals surface area contributed by atoms with Crippen molar-refractivity contribution in [3.05, 3.63) is 34.9 Å². The summed E-state index contributed by atoms with van der Waals surface area (Å²) in [5.74, 6) is 1.53. The normalized spacial score (nSPS) is 26.0. The van der Waals surface area contributed by atoms with Crippen molar-refractivity contribution in [2.45, 2.75) is 31.7 Å². The van der Waals surface area contributed by atoms with Crippen molar-refractivity contribution in [1.82, 2.24) is 4.90 Å². The fourth-order valence-corrected chi connectivity index (χ4v) is 3.40. The number of aryl methyl sites for hydroxylation is 1. The van der Waals surface area contributed by atoms with Crippen molar-refractivity contribution in [2.75, 3.05) is 13.1 Å². The summed E-state index contributed by atoms with van der Waals surface area (Å²) in [6, 6.07) is 7.90. The van der Waals surface area contributed by atoms with Crippen LogP contribution in [0, 0.1) is 11.8 Å². The molecule has 0 spiro atoms. The van der Waals surface area contributed by atoms with Gasteiger partial charge in [0, 0.05) is 30.6 Å². The Hall–Kier alpha value is -1.06. The molecule has 0 unspecified atom stereocenters. The number of hydrogen-bond acceptors (Lipinski definition) is 2. The van der Waals surface area contributed by atoms with Crippen LogP contribution in [0.1, 0.15) is 24.8 Å². The van der Waals surface area contributed by atoms with E-state index in [0.717, 1.165) is 36.0 Å². The smallest absolute Gasteiger partial charge is 0.222 e. The first-order chi connectivity index (χ1) is 9.63. The predicted molar refractivity (Wildman–Crippen MR) is 80.5 cm³/mol. The second kappa shape index (κ2) is 5.74. The highest BCUT2D eigenvalue weighted by molar-refractivity contribution is 6.30. The van der Waals surface area contributed by atoms with E-state index in [9.17, 15) is 4.79 Å². The van der Waals surface area contributed by atoms with Gasteiger partial charge in [-0.25, -0.2) is 0 Å². The lowest BCUT2D eigenvalue weighted by atomic mass is 9.99. The monoisotopic (exact) mass is 292 g/mol. The number of nitrogens with zero attached hydrogens (tertiary/aromatic N) is 1. The Bertz CT molecular complexity index is 501. The van der Waals surface area contributed by atoms with Crippen LogP contribution in [0.5, 0.6) is 0 Å². The average Bonchev–Trinajstić information content (AvgIpc) is 3.19. The van der Waals surface area contributed by atoms with Gasteiger partial charge in [-0.05, 0) is 48.8 Å². The van der Waals surface area contributed by atoms with Gasteiger partial charge in [-0.3, -0.25) is 4.79 Å². The summed E-state index contributed by atoms with van der Waals surface area (Å²) in [7, 11) is 0. The minimum absolute atomic E-state index is 0.178. The van der Waals surface area contributed by atoms with E-state index in [1.54, 1.807) is 0 Å². The molecule has 2 fully saturated rings. The van der Waals surface area contributed by atoms with Gasteiger partial charge >= 0.3 is 0 Å². The maximum absolute atomic E-state index is 12.3. The van der Waals surface area contributed by atoms with Crippen LogP contribution in [0.25, 0.3) is 0 Å². The molecule has 2 atom stereocenters. The Morgan fingerprint density at radius 3 is 2.85 bits per heavy atom. The van der Waals surface area contributed by atoms with Crippen LogP contribution >= 0.6 is 11.6 Å². The Labute approximate surface area is 125 Å². The number of rotatable bonds is 4. The summed E-state index contributed by atoms with van der Waals surface area (Å²) < 4.78 is 0. The third-order valence-corrected chi connectivity index (χ3v) is 4.74. The molecule has 4 heteroatoms. The quantitative estimate of drug-likeness (QED) is 0.927. The summed E-state index contributed by atoms with van der Waals surface area (Å²) in [4.78, 5) is 14.2. The van der Waals surface area contributed by atoms with Crippen LogP contribution in [0.3, 0.4) is 0 Å². The molecule has 1 amide bonds. The second-order valence-corrected chi connectivity index (χ2v) is 6.53. The lowest BCUT2D eigenvalue weighted by molar-refractivity contribution is -0.130. The molecule has 1 heterocycles. The highest BCUT2D eigenvalue weighted by atomic mass is 35.5. The van der Waals surface area contributed by atoms with Gasteiger partial charge in [-0.15, -0.1) is 0 Å². The topological polar surface area (TPSA) is 46.3 Å². The van der Waals surface area contributed by atoms with Gasteiger partial charge in [-0.1, -0.05) is 23.7 Å². The van der Waals surface area contributed by atoms with Gasteiger partial charge in [0.15, 0.2) is 0 Å². The van der Waals surface area contributed by atoms with E-state index in [2.05, 4.69) is 0 Å². The largest absolute Gasteiger partial charge is 0.341 e. The maximum atomic E-state index is 12.3. The zero-order chi connectivity index (χ0) is 14.1. The second-order valence-electron chi connectivity index (χ2n) is 6.09. The van der Waals surface area contributed by atoms with Crippen LogP contribution in [-0.4, -0.2) is 29.9 Å². The van der Waals surface area contributed by atoms with Gasteiger partial charge in [0.25, 0.3) is 0 Å². The molecule has 1 saturated carbocycles. The Morgan fingerprint density at radius 2 is 2.15 bits per heavy atom. The molecule has 1 aromatic carbocycles. The van der Waals surface area contributed by atoms with Crippen molar-refractivity contribution >= 4 is 17.5 Å². The Morgan fingerprint density at radius 1 is 1.35 bits per heavy atom. The molecule has 1 aliphatic heterocycles. The summed E-state index contributed by atoms with van der Waals surface area (Å²) in [6.45, 7) is 1.59. The van der Waals surface area contributed by atoms with Crippen molar-refractivity contribution in [2.24, 2.45) is 17.6 Å². The van der Waals surface area contributed by atoms with Crippen LogP contribution < -0.4 is 5.73 Å². The molecule has 2 N–H and O–H groups in total. The van der Waals surface area contributed by atoms with E-state index in [4.69, 9.17) is 17.3 Å². The minimum atomic E-state index is 0.178. The fourth-order valence-electron chi connectivity index (χ4n) is 3.18. The van der Waals surface area contributed by atoms with E-state index in [0.29, 0.717) is 12.3 Å². The molecule has 0 radical (unpaired) electrons. The predicted octanol–water partition coefficient (Wildman–Crippen LogP) is 2.47. The van der Waals surface area contributed by atoms with Gasteiger partial charge in [0.05, 0.1) is 0 Å². The average molecular weight is 293 g/mol. The zero-order valence-electron chi connectivity index (χ0n) is 11.6. The van der Waals surface area contributed by atoms with E-state index in [-0.39, 0.29) is 11.9 Å². The molecule has 2 aliphatic rings. The zero-order valence-corrected chi connectivity index (χ0v) is 12.4. The minimum Gasteiger partial charge on any atom is -0.341 e. The summed E-state index contributed by atoms with van der Waals surface area (Å²) >= 11 is 5.96. The van der Waals surface area contributed by atoms with Crippen LogP contribution in [0.4, 0.5) is 0 Å². The van der Waals surface area contributed by atoms with Gasteiger partial charge < -0.3 is 10.6 Å². The molecule has 3 nitrogen and oxygen atoms in total. The van der Waals surface area contributed by atoms with Gasteiger partial charge in [0.1, 0.15) is 0 Å². The number of benzene rings is 1.